The van der Waals surface area contributed by atoms with Crippen LogP contribution in [0.1, 0.15) is 43.0 Å². The van der Waals surface area contributed by atoms with E-state index in [1.807, 2.05) is 11.0 Å². The van der Waals surface area contributed by atoms with Crippen molar-refractivity contribution in [1.82, 2.24) is 15.5 Å². The molecule has 1 aromatic carbocycles. The van der Waals surface area contributed by atoms with E-state index in [0.29, 0.717) is 18.5 Å². The first-order valence-corrected chi connectivity index (χ1v) is 8.51. The van der Waals surface area contributed by atoms with Gasteiger partial charge in [-0.15, -0.1) is 0 Å². The zero-order chi connectivity index (χ0) is 17.4. The summed E-state index contributed by atoms with van der Waals surface area (Å²) in [6.07, 6.45) is 3.18. The van der Waals surface area contributed by atoms with E-state index in [1.54, 1.807) is 24.3 Å². The van der Waals surface area contributed by atoms with Crippen LogP contribution in [-0.4, -0.2) is 48.3 Å². The van der Waals surface area contributed by atoms with Crippen molar-refractivity contribution in [2.24, 2.45) is 0 Å². The molecule has 0 spiro atoms. The standard InChI is InChI=1S/C18H25N3O3/c1-2-15(21-12-6-9-17(21)23)10-11-19-16(22)13-20-18(24)14-7-4-3-5-8-14/h3-5,7-8,15H,2,6,9-13H2,1H3,(H,19,22)(H,20,24)/t15-/m1/s1. The highest BCUT2D eigenvalue weighted by Crippen LogP contribution is 2.17. The van der Waals surface area contributed by atoms with Crippen molar-refractivity contribution in [3.8, 4) is 0 Å². The molecule has 0 radical (unpaired) electrons. The van der Waals surface area contributed by atoms with Gasteiger partial charge in [-0.1, -0.05) is 25.1 Å². The number of carbonyl (C=O) groups excluding carboxylic acids is 3. The van der Waals surface area contributed by atoms with Gasteiger partial charge in [0.1, 0.15) is 0 Å². The Hall–Kier alpha value is -2.37. The van der Waals surface area contributed by atoms with Gasteiger partial charge in [-0.2, -0.15) is 0 Å². The number of hydrogen-bond donors (Lipinski definition) is 2. The number of benzene rings is 1. The topological polar surface area (TPSA) is 78.5 Å². The van der Waals surface area contributed by atoms with Gasteiger partial charge in [0.15, 0.2) is 0 Å². The van der Waals surface area contributed by atoms with E-state index in [4.69, 9.17) is 0 Å². The van der Waals surface area contributed by atoms with E-state index in [-0.39, 0.29) is 30.3 Å². The summed E-state index contributed by atoms with van der Waals surface area (Å²) in [6, 6.07) is 8.97. The van der Waals surface area contributed by atoms with Crippen molar-refractivity contribution in [3.05, 3.63) is 35.9 Å². The molecule has 6 nitrogen and oxygen atoms in total. The SMILES string of the molecule is CC[C@H](CCNC(=O)CNC(=O)c1ccccc1)N1CCCC1=O. The molecule has 24 heavy (non-hydrogen) atoms. The average Bonchev–Trinajstić information content (AvgIpc) is 3.03. The van der Waals surface area contributed by atoms with Gasteiger partial charge in [0.05, 0.1) is 6.54 Å². The lowest BCUT2D eigenvalue weighted by Crippen LogP contribution is -2.41. The van der Waals surface area contributed by atoms with Crippen molar-refractivity contribution in [2.45, 2.75) is 38.6 Å². The number of amides is 3. The van der Waals surface area contributed by atoms with Crippen LogP contribution in [0.3, 0.4) is 0 Å². The maximum atomic E-state index is 11.9. The number of rotatable bonds is 8. The van der Waals surface area contributed by atoms with Gasteiger partial charge in [-0.3, -0.25) is 14.4 Å². The molecular weight excluding hydrogens is 306 g/mol. The summed E-state index contributed by atoms with van der Waals surface area (Å²) >= 11 is 0. The lowest BCUT2D eigenvalue weighted by atomic mass is 10.1. The molecule has 0 unspecified atom stereocenters. The molecule has 130 valence electrons. The van der Waals surface area contributed by atoms with Crippen LogP contribution in [0.4, 0.5) is 0 Å². The van der Waals surface area contributed by atoms with E-state index in [1.165, 1.54) is 0 Å². The molecule has 1 aromatic rings. The van der Waals surface area contributed by atoms with Gasteiger partial charge in [0.2, 0.25) is 11.8 Å². The first kappa shape index (κ1) is 18.0. The van der Waals surface area contributed by atoms with Crippen LogP contribution in [-0.2, 0) is 9.59 Å². The summed E-state index contributed by atoms with van der Waals surface area (Å²) in [5.74, 6) is -0.273. The van der Waals surface area contributed by atoms with Crippen LogP contribution in [0.2, 0.25) is 0 Å². The van der Waals surface area contributed by atoms with E-state index in [2.05, 4.69) is 17.6 Å². The van der Waals surface area contributed by atoms with E-state index in [9.17, 15) is 14.4 Å². The fourth-order valence-electron chi connectivity index (χ4n) is 2.93. The van der Waals surface area contributed by atoms with Gasteiger partial charge in [-0.25, -0.2) is 0 Å². The Balaban J connectivity index is 1.67. The van der Waals surface area contributed by atoms with Crippen LogP contribution < -0.4 is 10.6 Å². The van der Waals surface area contributed by atoms with Crippen LogP contribution in [0.5, 0.6) is 0 Å². The molecule has 1 aliphatic heterocycles. The van der Waals surface area contributed by atoms with Crippen LogP contribution in [0, 0.1) is 0 Å². The first-order chi connectivity index (χ1) is 11.6. The second kappa shape index (κ2) is 9.05. The van der Waals surface area contributed by atoms with E-state index >= 15 is 0 Å². The largest absolute Gasteiger partial charge is 0.354 e. The van der Waals surface area contributed by atoms with Crippen molar-refractivity contribution in [2.75, 3.05) is 19.6 Å². The highest BCUT2D eigenvalue weighted by atomic mass is 16.2. The van der Waals surface area contributed by atoms with Gasteiger partial charge < -0.3 is 15.5 Å². The smallest absolute Gasteiger partial charge is 0.251 e. The number of hydrogen-bond acceptors (Lipinski definition) is 3. The lowest BCUT2D eigenvalue weighted by molar-refractivity contribution is -0.129. The van der Waals surface area contributed by atoms with Crippen molar-refractivity contribution in [3.63, 3.8) is 0 Å². The van der Waals surface area contributed by atoms with Crippen LogP contribution >= 0.6 is 0 Å². The predicted octanol–water partition coefficient (Wildman–Crippen LogP) is 1.32. The molecule has 0 bridgehead atoms. The third kappa shape index (κ3) is 5.08. The zero-order valence-electron chi connectivity index (χ0n) is 14.1. The molecule has 0 aromatic heterocycles. The van der Waals surface area contributed by atoms with Gasteiger partial charge in [-0.05, 0) is 31.4 Å². The average molecular weight is 331 g/mol. The van der Waals surface area contributed by atoms with Crippen molar-refractivity contribution < 1.29 is 14.4 Å². The fraction of sp³-hybridized carbons (Fsp3) is 0.500. The maximum absolute atomic E-state index is 11.9. The maximum Gasteiger partial charge on any atom is 0.251 e. The molecule has 0 saturated carbocycles. The summed E-state index contributed by atoms with van der Waals surface area (Å²) in [4.78, 5) is 37.4. The summed E-state index contributed by atoms with van der Waals surface area (Å²) < 4.78 is 0. The minimum atomic E-state index is -0.264. The first-order valence-electron chi connectivity index (χ1n) is 8.51. The summed E-state index contributed by atoms with van der Waals surface area (Å²) in [6.45, 7) is 3.33. The fourth-order valence-corrected chi connectivity index (χ4v) is 2.93. The number of likely N-dealkylation sites (tertiary alicyclic amines) is 1. The molecule has 1 fully saturated rings. The third-order valence-corrected chi connectivity index (χ3v) is 4.27. The predicted molar refractivity (Wildman–Crippen MR) is 91.4 cm³/mol. The zero-order valence-corrected chi connectivity index (χ0v) is 14.1. The molecule has 1 saturated heterocycles. The minimum absolute atomic E-state index is 0.0484. The Bertz CT molecular complexity index is 574. The molecule has 6 heteroatoms. The monoisotopic (exact) mass is 331 g/mol. The van der Waals surface area contributed by atoms with Gasteiger partial charge >= 0.3 is 0 Å². The van der Waals surface area contributed by atoms with Crippen LogP contribution in [0.15, 0.2) is 30.3 Å². The van der Waals surface area contributed by atoms with Gasteiger partial charge in [0, 0.05) is 31.1 Å². The Morgan fingerprint density at radius 3 is 2.58 bits per heavy atom. The number of nitrogens with one attached hydrogen (secondary N) is 2. The molecule has 0 aliphatic carbocycles. The van der Waals surface area contributed by atoms with Gasteiger partial charge in [0.25, 0.3) is 5.91 Å². The summed E-state index contributed by atoms with van der Waals surface area (Å²) in [5, 5.41) is 5.40. The summed E-state index contributed by atoms with van der Waals surface area (Å²) in [7, 11) is 0. The highest BCUT2D eigenvalue weighted by Gasteiger charge is 2.26. The Morgan fingerprint density at radius 2 is 1.96 bits per heavy atom. The molecular formula is C18H25N3O3. The quantitative estimate of drug-likeness (QED) is 0.754. The lowest BCUT2D eigenvalue weighted by Gasteiger charge is -2.26. The molecule has 1 heterocycles. The highest BCUT2D eigenvalue weighted by molar-refractivity contribution is 5.96. The normalized spacial score (nSPS) is 15.2. The second-order valence-electron chi connectivity index (χ2n) is 5.94. The second-order valence-corrected chi connectivity index (χ2v) is 5.94. The summed E-state index contributed by atoms with van der Waals surface area (Å²) in [5.41, 5.74) is 0.531. The number of nitrogens with zero attached hydrogens (tertiary/aromatic N) is 1. The van der Waals surface area contributed by atoms with Crippen LogP contribution in [0.25, 0.3) is 0 Å². The van der Waals surface area contributed by atoms with Crippen molar-refractivity contribution >= 4 is 17.7 Å². The third-order valence-electron chi connectivity index (χ3n) is 4.27. The Morgan fingerprint density at radius 1 is 1.21 bits per heavy atom. The minimum Gasteiger partial charge on any atom is -0.354 e. The molecule has 1 aliphatic rings. The molecule has 1 atom stereocenters. The van der Waals surface area contributed by atoms with E-state index in [0.717, 1.165) is 25.8 Å². The molecule has 2 rings (SSSR count). The van der Waals surface area contributed by atoms with Crippen molar-refractivity contribution in [1.29, 1.82) is 0 Å². The Labute approximate surface area is 142 Å². The number of carbonyl (C=O) groups is 3. The molecule has 2 N–H and O–H groups in total. The van der Waals surface area contributed by atoms with E-state index < -0.39 is 0 Å². The Kier molecular flexibility index (Phi) is 6.78. The molecule has 3 amide bonds.